The molecule has 1 unspecified atom stereocenters. The standard InChI is InChI=1S/C22H27FN2OS2.2C4H4O4/c1-27-18-5-6-21-19(15-18)20(13-16-3-4-17(23)14-22(16)28-21)25-10-8-24(9-11-25)7-2-12-26;2*5-3(6)1-2-4(7)8/h3-6,14-15,20,26H,2,7-13H2,1H3;2*1-2H,(H,5,6)(H,7,8)/b;2*2-1+. The highest BCUT2D eigenvalue weighted by molar-refractivity contribution is 7.99. The van der Waals surface area contributed by atoms with Gasteiger partial charge < -0.3 is 30.4 Å². The Morgan fingerprint density at radius 3 is 1.93 bits per heavy atom. The number of aliphatic hydroxyl groups excluding tert-OH is 1. The van der Waals surface area contributed by atoms with Gasteiger partial charge in [-0.2, -0.15) is 0 Å². The van der Waals surface area contributed by atoms with Crippen molar-refractivity contribution >= 4 is 47.4 Å². The van der Waals surface area contributed by atoms with Crippen LogP contribution in [0.1, 0.15) is 23.6 Å². The molecule has 1 atom stereocenters. The molecule has 238 valence electrons. The van der Waals surface area contributed by atoms with Crippen LogP contribution >= 0.6 is 23.5 Å². The van der Waals surface area contributed by atoms with Crippen molar-refractivity contribution < 1.29 is 49.1 Å². The Morgan fingerprint density at radius 2 is 1.43 bits per heavy atom. The van der Waals surface area contributed by atoms with E-state index in [0.717, 1.165) is 50.5 Å². The van der Waals surface area contributed by atoms with E-state index in [-0.39, 0.29) is 12.4 Å². The Kier molecular flexibility index (Phi) is 15.6. The number of aliphatic carboxylic acids is 4. The lowest BCUT2D eigenvalue weighted by molar-refractivity contribution is -0.134. The second-order valence-electron chi connectivity index (χ2n) is 9.45. The molecule has 2 heterocycles. The van der Waals surface area contributed by atoms with Crippen LogP contribution in [0, 0.1) is 5.82 Å². The maximum atomic E-state index is 13.9. The fourth-order valence-corrected chi connectivity index (χ4v) is 6.03. The summed E-state index contributed by atoms with van der Waals surface area (Å²) in [5.41, 5.74) is 2.61. The smallest absolute Gasteiger partial charge is 0.328 e. The maximum absolute atomic E-state index is 13.9. The molecule has 0 aliphatic carbocycles. The summed E-state index contributed by atoms with van der Waals surface area (Å²) in [4.78, 5) is 46.8. The molecule has 2 aromatic rings. The molecule has 1 saturated heterocycles. The molecular weight excluding hydrogens is 615 g/mol. The van der Waals surface area contributed by atoms with Crippen LogP contribution in [0.5, 0.6) is 0 Å². The van der Waals surface area contributed by atoms with Gasteiger partial charge in [-0.3, -0.25) is 4.90 Å². The summed E-state index contributed by atoms with van der Waals surface area (Å²) in [5.74, 6) is -5.19. The first-order valence-electron chi connectivity index (χ1n) is 13.4. The van der Waals surface area contributed by atoms with Gasteiger partial charge in [0.1, 0.15) is 5.82 Å². The predicted molar refractivity (Wildman–Crippen MR) is 164 cm³/mol. The first-order valence-corrected chi connectivity index (χ1v) is 15.5. The Bertz CT molecular complexity index is 1300. The van der Waals surface area contributed by atoms with Gasteiger partial charge in [-0.05, 0) is 60.6 Å². The molecular formula is C30H35FN2O9S2. The SMILES string of the molecule is CSc1ccc2c(c1)C(N1CCN(CCCO)CC1)Cc1ccc(F)cc1S2.O=C(O)/C=C/C(=O)O.O=C(O)/C=C/C(=O)O. The van der Waals surface area contributed by atoms with Crippen molar-refractivity contribution in [1.29, 1.82) is 0 Å². The van der Waals surface area contributed by atoms with Crippen LogP contribution in [0.2, 0.25) is 0 Å². The lowest BCUT2D eigenvalue weighted by Gasteiger charge is -2.39. The first-order chi connectivity index (χ1) is 20.9. The summed E-state index contributed by atoms with van der Waals surface area (Å²) < 4.78 is 13.9. The lowest BCUT2D eigenvalue weighted by Crippen LogP contribution is -2.48. The number of nitrogens with zero attached hydrogens (tertiary/aromatic N) is 2. The third kappa shape index (κ3) is 12.9. The second-order valence-corrected chi connectivity index (χ2v) is 11.4. The average molecular weight is 651 g/mol. The molecule has 44 heavy (non-hydrogen) atoms. The second kappa shape index (κ2) is 18.9. The van der Waals surface area contributed by atoms with Crippen LogP contribution in [0.25, 0.3) is 0 Å². The number of halogens is 1. The van der Waals surface area contributed by atoms with Crippen molar-refractivity contribution in [1.82, 2.24) is 9.80 Å². The van der Waals surface area contributed by atoms with Gasteiger partial charge in [-0.1, -0.05) is 17.8 Å². The van der Waals surface area contributed by atoms with E-state index in [1.54, 1.807) is 35.7 Å². The monoisotopic (exact) mass is 650 g/mol. The number of carboxylic acid groups (broad SMARTS) is 4. The molecule has 0 radical (unpaired) electrons. The van der Waals surface area contributed by atoms with Gasteiger partial charge in [0.2, 0.25) is 0 Å². The Labute approximate surface area is 262 Å². The fraction of sp³-hybridized carbons (Fsp3) is 0.333. The summed E-state index contributed by atoms with van der Waals surface area (Å²) in [7, 11) is 0. The molecule has 0 bridgehead atoms. The number of piperazine rings is 1. The number of hydrogen-bond acceptors (Lipinski definition) is 9. The number of rotatable bonds is 9. The number of benzene rings is 2. The van der Waals surface area contributed by atoms with E-state index in [0.29, 0.717) is 30.3 Å². The number of thioether (sulfide) groups is 1. The minimum Gasteiger partial charge on any atom is -0.478 e. The molecule has 2 aliphatic heterocycles. The molecule has 14 heteroatoms. The van der Waals surface area contributed by atoms with Crippen LogP contribution in [0.4, 0.5) is 4.39 Å². The Balaban J connectivity index is 0.000000349. The summed E-state index contributed by atoms with van der Waals surface area (Å²) in [6.07, 6.45) is 6.11. The van der Waals surface area contributed by atoms with E-state index in [9.17, 15) is 23.6 Å². The molecule has 2 aliphatic rings. The van der Waals surface area contributed by atoms with E-state index < -0.39 is 23.9 Å². The van der Waals surface area contributed by atoms with Crippen LogP contribution in [-0.4, -0.2) is 105 Å². The van der Waals surface area contributed by atoms with Crippen molar-refractivity contribution in [3.8, 4) is 0 Å². The predicted octanol–water partition coefficient (Wildman–Crippen LogP) is 3.72. The molecule has 1 fully saturated rings. The fourth-order valence-electron chi connectivity index (χ4n) is 4.44. The maximum Gasteiger partial charge on any atom is 0.328 e. The van der Waals surface area contributed by atoms with Crippen molar-refractivity contribution in [3.05, 3.63) is 77.6 Å². The molecule has 2 aromatic carbocycles. The highest BCUT2D eigenvalue weighted by Gasteiger charge is 2.30. The topological polar surface area (TPSA) is 176 Å². The van der Waals surface area contributed by atoms with E-state index in [4.69, 9.17) is 25.5 Å². The van der Waals surface area contributed by atoms with Crippen molar-refractivity contribution in [2.75, 3.05) is 45.6 Å². The Hall–Kier alpha value is -3.69. The molecule has 0 aromatic heterocycles. The van der Waals surface area contributed by atoms with Crippen LogP contribution in [0.3, 0.4) is 0 Å². The van der Waals surface area contributed by atoms with Gasteiger partial charge in [0, 0.05) is 84.4 Å². The zero-order valence-electron chi connectivity index (χ0n) is 24.0. The van der Waals surface area contributed by atoms with Gasteiger partial charge >= 0.3 is 23.9 Å². The van der Waals surface area contributed by atoms with E-state index in [2.05, 4.69) is 34.3 Å². The molecule has 4 rings (SSSR count). The lowest BCUT2D eigenvalue weighted by atomic mass is 9.96. The van der Waals surface area contributed by atoms with E-state index >= 15 is 0 Å². The number of fused-ring (bicyclic) bond motifs is 2. The summed E-state index contributed by atoms with van der Waals surface area (Å²) in [6.45, 7) is 5.37. The van der Waals surface area contributed by atoms with Crippen molar-refractivity contribution in [2.45, 2.75) is 33.6 Å². The molecule has 5 N–H and O–H groups in total. The van der Waals surface area contributed by atoms with Gasteiger partial charge in [-0.25, -0.2) is 23.6 Å². The van der Waals surface area contributed by atoms with Gasteiger partial charge in [0.25, 0.3) is 0 Å². The van der Waals surface area contributed by atoms with Crippen LogP contribution < -0.4 is 0 Å². The van der Waals surface area contributed by atoms with E-state index in [1.165, 1.54) is 20.9 Å². The highest BCUT2D eigenvalue weighted by Crippen LogP contribution is 2.44. The molecule has 11 nitrogen and oxygen atoms in total. The number of aliphatic hydroxyl groups is 1. The molecule has 0 spiro atoms. The third-order valence-electron chi connectivity index (χ3n) is 6.46. The largest absolute Gasteiger partial charge is 0.478 e. The Morgan fingerprint density at radius 1 is 0.864 bits per heavy atom. The summed E-state index contributed by atoms with van der Waals surface area (Å²) in [5, 5.41) is 40.3. The quantitative estimate of drug-likeness (QED) is 0.196. The summed E-state index contributed by atoms with van der Waals surface area (Å²) in [6, 6.07) is 12.3. The highest BCUT2D eigenvalue weighted by atomic mass is 32.2. The van der Waals surface area contributed by atoms with Gasteiger partial charge in [0.15, 0.2) is 0 Å². The summed E-state index contributed by atoms with van der Waals surface area (Å²) >= 11 is 3.48. The van der Waals surface area contributed by atoms with Crippen LogP contribution in [0.15, 0.2) is 75.4 Å². The third-order valence-corrected chi connectivity index (χ3v) is 8.37. The molecule has 0 amide bonds. The number of carbonyl (C=O) groups is 4. The zero-order valence-corrected chi connectivity index (χ0v) is 25.6. The van der Waals surface area contributed by atoms with E-state index in [1.807, 2.05) is 6.07 Å². The van der Waals surface area contributed by atoms with Gasteiger partial charge in [0.05, 0.1) is 0 Å². The molecule has 0 saturated carbocycles. The minimum atomic E-state index is -1.26. The number of hydrogen-bond donors (Lipinski definition) is 5. The van der Waals surface area contributed by atoms with Crippen molar-refractivity contribution in [3.63, 3.8) is 0 Å². The minimum absolute atomic E-state index is 0.163. The normalized spacial score (nSPS) is 16.5. The van der Waals surface area contributed by atoms with Crippen LogP contribution in [-0.2, 0) is 25.6 Å². The van der Waals surface area contributed by atoms with Crippen molar-refractivity contribution in [2.24, 2.45) is 0 Å². The first kappa shape index (κ1) is 36.5. The van der Waals surface area contributed by atoms with Gasteiger partial charge in [-0.15, -0.1) is 11.8 Å². The average Bonchev–Trinajstić information content (AvgIpc) is 3.14. The zero-order chi connectivity index (χ0) is 32.6. The number of carboxylic acids is 4.